The van der Waals surface area contributed by atoms with Crippen LogP contribution in [0.1, 0.15) is 27.4 Å². The quantitative estimate of drug-likeness (QED) is 0.220. The van der Waals surface area contributed by atoms with Gasteiger partial charge in [0.25, 0.3) is 0 Å². The maximum Gasteiger partial charge on any atom is 0.343 e. The van der Waals surface area contributed by atoms with Crippen LogP contribution in [0.25, 0.3) is 11.0 Å². The van der Waals surface area contributed by atoms with E-state index in [9.17, 15) is 19.5 Å². The molecule has 0 aliphatic carbocycles. The standard InChI is InChI=1S/C26H18O7/c1-31-15-12-10-14(11-13-15)20-21(23(28)16-6-2-4-8-18(16)27)25(29)33-24-17-7-3-5-9-19(17)32-26(30)22(20)24/h2-13,20-21,27H,1H3/t20-,21+/m1/s1. The number of carbonyl (C=O) groups excluding carboxylic acids is 2. The summed E-state index contributed by atoms with van der Waals surface area (Å²) in [6.45, 7) is 0. The van der Waals surface area contributed by atoms with Crippen LogP contribution < -0.4 is 15.1 Å². The van der Waals surface area contributed by atoms with Crippen LogP contribution in [0.15, 0.2) is 82.0 Å². The summed E-state index contributed by atoms with van der Waals surface area (Å²) in [5, 5.41) is 10.7. The molecule has 0 saturated heterocycles. The van der Waals surface area contributed by atoms with Crippen molar-refractivity contribution in [2.75, 3.05) is 7.11 Å². The molecule has 1 N–H and O–H groups in total. The van der Waals surface area contributed by atoms with Gasteiger partial charge in [0, 0.05) is 5.92 Å². The van der Waals surface area contributed by atoms with Gasteiger partial charge >= 0.3 is 11.6 Å². The highest BCUT2D eigenvalue weighted by Crippen LogP contribution is 2.45. The maximum atomic E-state index is 13.5. The van der Waals surface area contributed by atoms with Crippen molar-refractivity contribution in [1.82, 2.24) is 0 Å². The number of methoxy groups -OCH3 is 1. The molecular formula is C26H18O7. The molecule has 7 heteroatoms. The first-order valence-corrected chi connectivity index (χ1v) is 10.2. The van der Waals surface area contributed by atoms with E-state index in [0.29, 0.717) is 16.7 Å². The molecule has 0 bridgehead atoms. The first-order valence-electron chi connectivity index (χ1n) is 10.2. The minimum Gasteiger partial charge on any atom is -0.507 e. The molecular weight excluding hydrogens is 424 g/mol. The lowest BCUT2D eigenvalue weighted by Crippen LogP contribution is -2.40. The molecule has 0 spiro atoms. The average molecular weight is 442 g/mol. The molecule has 7 nitrogen and oxygen atoms in total. The maximum absolute atomic E-state index is 13.5. The second kappa shape index (κ2) is 7.94. The van der Waals surface area contributed by atoms with Crippen molar-refractivity contribution in [3.8, 4) is 17.2 Å². The largest absolute Gasteiger partial charge is 0.507 e. The van der Waals surface area contributed by atoms with Gasteiger partial charge in [-0.05, 0) is 42.0 Å². The number of phenolic OH excluding ortho intramolecular Hbond substituents is 1. The van der Waals surface area contributed by atoms with Gasteiger partial charge in [0.15, 0.2) is 11.5 Å². The van der Waals surface area contributed by atoms with Crippen LogP contribution in [-0.4, -0.2) is 24.0 Å². The summed E-state index contributed by atoms with van der Waals surface area (Å²) >= 11 is 0. The van der Waals surface area contributed by atoms with Gasteiger partial charge in [0.05, 0.1) is 23.6 Å². The number of hydrogen-bond donors (Lipinski definition) is 1. The Morgan fingerprint density at radius 1 is 0.939 bits per heavy atom. The fourth-order valence-electron chi connectivity index (χ4n) is 4.26. The van der Waals surface area contributed by atoms with Crippen molar-refractivity contribution in [2.45, 2.75) is 5.92 Å². The first-order chi connectivity index (χ1) is 16.0. The van der Waals surface area contributed by atoms with Crippen LogP contribution in [0.4, 0.5) is 0 Å². The van der Waals surface area contributed by atoms with E-state index in [1.54, 1.807) is 60.7 Å². The number of rotatable bonds is 4. The number of hydrogen-bond acceptors (Lipinski definition) is 7. The lowest BCUT2D eigenvalue weighted by atomic mass is 9.75. The second-order valence-electron chi connectivity index (χ2n) is 7.66. The third kappa shape index (κ3) is 3.34. The number of ketones is 1. The fraction of sp³-hybridized carbons (Fsp3) is 0.115. The van der Waals surface area contributed by atoms with Gasteiger partial charge in [-0.3, -0.25) is 9.59 Å². The number of Topliss-reactive ketones (excluding diaryl/α,β-unsaturated/α-hetero) is 1. The van der Waals surface area contributed by atoms with Crippen molar-refractivity contribution in [3.05, 3.63) is 99.9 Å². The van der Waals surface area contributed by atoms with Gasteiger partial charge in [0.1, 0.15) is 23.0 Å². The number of benzene rings is 3. The van der Waals surface area contributed by atoms with Crippen LogP contribution in [0.5, 0.6) is 17.2 Å². The zero-order valence-corrected chi connectivity index (χ0v) is 17.5. The monoisotopic (exact) mass is 442 g/mol. The summed E-state index contributed by atoms with van der Waals surface area (Å²) in [4.78, 5) is 39.9. The Balaban J connectivity index is 1.77. The van der Waals surface area contributed by atoms with Gasteiger partial charge in [0.2, 0.25) is 0 Å². The zero-order chi connectivity index (χ0) is 23.1. The van der Waals surface area contributed by atoms with E-state index in [-0.39, 0.29) is 28.2 Å². The number of fused-ring (bicyclic) bond motifs is 3. The Kier molecular flexibility index (Phi) is 4.94. The summed E-state index contributed by atoms with van der Waals surface area (Å²) in [7, 11) is 1.52. The highest BCUT2D eigenvalue weighted by atomic mass is 16.5. The van der Waals surface area contributed by atoms with Crippen LogP contribution in [-0.2, 0) is 4.79 Å². The number of esters is 1. The summed E-state index contributed by atoms with van der Waals surface area (Å²) in [6, 6.07) is 19.4. The topological polar surface area (TPSA) is 103 Å². The highest BCUT2D eigenvalue weighted by Gasteiger charge is 2.46. The Morgan fingerprint density at radius 3 is 2.36 bits per heavy atom. The molecule has 33 heavy (non-hydrogen) atoms. The number of aromatic hydroxyl groups is 1. The van der Waals surface area contributed by atoms with Crippen LogP contribution in [0.3, 0.4) is 0 Å². The second-order valence-corrected chi connectivity index (χ2v) is 7.66. The third-order valence-corrected chi connectivity index (χ3v) is 5.83. The summed E-state index contributed by atoms with van der Waals surface area (Å²) in [5.74, 6) is -3.46. The number of para-hydroxylation sites is 2. The predicted molar refractivity (Wildman–Crippen MR) is 119 cm³/mol. The third-order valence-electron chi connectivity index (χ3n) is 5.83. The van der Waals surface area contributed by atoms with E-state index in [4.69, 9.17) is 13.9 Å². The molecule has 1 aromatic heterocycles. The molecule has 0 fully saturated rings. The van der Waals surface area contributed by atoms with Crippen molar-refractivity contribution in [1.29, 1.82) is 0 Å². The smallest absolute Gasteiger partial charge is 0.343 e. The number of carbonyl (C=O) groups is 2. The van der Waals surface area contributed by atoms with E-state index in [1.165, 1.54) is 19.2 Å². The van der Waals surface area contributed by atoms with Crippen molar-refractivity contribution < 1.29 is 28.6 Å². The predicted octanol–water partition coefficient (Wildman–Crippen LogP) is 4.06. The Hall–Kier alpha value is -4.39. The highest BCUT2D eigenvalue weighted by molar-refractivity contribution is 6.12. The Labute approximate surface area is 187 Å². The molecule has 1 aliphatic rings. The molecule has 0 radical (unpaired) electrons. The van der Waals surface area contributed by atoms with E-state index in [0.717, 1.165) is 0 Å². The summed E-state index contributed by atoms with van der Waals surface area (Å²) in [5.41, 5.74) is 0.143. The SMILES string of the molecule is COc1ccc([C@H]2c3c(c4ccccc4oc3=O)OC(=O)[C@@H]2C(=O)c2ccccc2O)cc1. The normalized spacial score (nSPS) is 17.3. The van der Waals surface area contributed by atoms with Crippen molar-refractivity contribution in [2.24, 2.45) is 5.92 Å². The van der Waals surface area contributed by atoms with E-state index < -0.39 is 29.2 Å². The lowest BCUT2D eigenvalue weighted by Gasteiger charge is -2.31. The Morgan fingerprint density at radius 2 is 1.64 bits per heavy atom. The molecule has 4 aromatic rings. The van der Waals surface area contributed by atoms with E-state index >= 15 is 0 Å². The molecule has 0 saturated carbocycles. The fourth-order valence-corrected chi connectivity index (χ4v) is 4.26. The van der Waals surface area contributed by atoms with Crippen LogP contribution in [0, 0.1) is 5.92 Å². The first kappa shape index (κ1) is 20.5. The minimum absolute atomic E-state index is 0.0356. The van der Waals surface area contributed by atoms with E-state index in [2.05, 4.69) is 0 Å². The molecule has 3 aromatic carbocycles. The van der Waals surface area contributed by atoms with Gasteiger partial charge in [-0.25, -0.2) is 4.79 Å². The molecule has 2 heterocycles. The summed E-state index contributed by atoms with van der Waals surface area (Å²) in [6.07, 6.45) is 0. The minimum atomic E-state index is -1.40. The molecule has 0 unspecified atom stereocenters. The average Bonchev–Trinajstić information content (AvgIpc) is 2.83. The van der Waals surface area contributed by atoms with Crippen LogP contribution >= 0.6 is 0 Å². The zero-order valence-electron chi connectivity index (χ0n) is 17.5. The van der Waals surface area contributed by atoms with Crippen LogP contribution in [0.2, 0.25) is 0 Å². The lowest BCUT2D eigenvalue weighted by molar-refractivity contribution is -0.138. The van der Waals surface area contributed by atoms with Crippen molar-refractivity contribution in [3.63, 3.8) is 0 Å². The molecule has 164 valence electrons. The van der Waals surface area contributed by atoms with E-state index in [1.807, 2.05) is 0 Å². The van der Waals surface area contributed by atoms with Gasteiger partial charge < -0.3 is 19.0 Å². The van der Waals surface area contributed by atoms with Gasteiger partial charge in [-0.1, -0.05) is 36.4 Å². The van der Waals surface area contributed by atoms with Crippen molar-refractivity contribution >= 4 is 22.7 Å². The van der Waals surface area contributed by atoms with Gasteiger partial charge in [-0.2, -0.15) is 0 Å². The molecule has 2 atom stereocenters. The number of ether oxygens (including phenoxy) is 2. The number of phenols is 1. The van der Waals surface area contributed by atoms with Gasteiger partial charge in [-0.15, -0.1) is 0 Å². The Bertz CT molecular complexity index is 1450. The summed E-state index contributed by atoms with van der Waals surface area (Å²) < 4.78 is 16.3. The molecule has 0 amide bonds. The molecule has 5 rings (SSSR count). The molecule has 1 aliphatic heterocycles.